The van der Waals surface area contributed by atoms with Gasteiger partial charge in [0.15, 0.2) is 0 Å². The molecule has 4 nitrogen and oxygen atoms in total. The second-order valence-corrected chi connectivity index (χ2v) is 8.19. The van der Waals surface area contributed by atoms with Gasteiger partial charge in [-0.3, -0.25) is 4.90 Å². The van der Waals surface area contributed by atoms with Crippen LogP contribution in [0.15, 0.2) is 18.3 Å². The highest BCUT2D eigenvalue weighted by Gasteiger charge is 2.66. The predicted octanol–water partition coefficient (Wildman–Crippen LogP) is 2.27. The lowest BCUT2D eigenvalue weighted by Gasteiger charge is -2.45. The summed E-state index contributed by atoms with van der Waals surface area (Å²) in [6.45, 7) is 3.25. The van der Waals surface area contributed by atoms with Crippen LogP contribution < -0.4 is 4.90 Å². The highest BCUT2D eigenvalue weighted by atomic mass is 127. The average molecular weight is 397 g/mol. The zero-order chi connectivity index (χ0) is 14.0. The summed E-state index contributed by atoms with van der Waals surface area (Å²) in [7, 11) is 0. The second-order valence-electron chi connectivity index (χ2n) is 6.95. The SMILES string of the molecule is Ic1ccc(N2CC3CCC(C2)N3C23CCOC2C3)nc1. The molecule has 5 heteroatoms. The van der Waals surface area contributed by atoms with Crippen molar-refractivity contribution in [2.75, 3.05) is 24.6 Å². The molecule has 4 aliphatic rings. The van der Waals surface area contributed by atoms with Crippen LogP contribution in [0.3, 0.4) is 0 Å². The van der Waals surface area contributed by atoms with Gasteiger partial charge in [-0.1, -0.05) is 0 Å². The van der Waals surface area contributed by atoms with Gasteiger partial charge in [-0.25, -0.2) is 4.98 Å². The number of aromatic nitrogens is 1. The Morgan fingerprint density at radius 1 is 1.24 bits per heavy atom. The normalized spacial score (nSPS) is 41.4. The van der Waals surface area contributed by atoms with E-state index in [1.165, 1.54) is 29.3 Å². The molecular formula is C16H20IN3O. The summed E-state index contributed by atoms with van der Waals surface area (Å²) < 4.78 is 7.07. The Labute approximate surface area is 139 Å². The van der Waals surface area contributed by atoms with Crippen LogP contribution in [0.5, 0.6) is 0 Å². The topological polar surface area (TPSA) is 28.6 Å². The number of hydrogen-bond donors (Lipinski definition) is 0. The predicted molar refractivity (Wildman–Crippen MR) is 89.5 cm³/mol. The molecule has 0 N–H and O–H groups in total. The lowest BCUT2D eigenvalue weighted by molar-refractivity contribution is 0.0853. The molecule has 4 atom stereocenters. The maximum absolute atomic E-state index is 5.86. The van der Waals surface area contributed by atoms with Crippen LogP contribution in [0.1, 0.15) is 25.7 Å². The molecule has 0 aromatic carbocycles. The standard InChI is InChI=1S/C16H20IN3O/c17-11-1-4-15(18-8-11)19-9-12-2-3-13(10-19)20(12)16-5-6-21-14(16)7-16/h1,4,8,12-14H,2-3,5-7,9-10H2. The number of anilines is 1. The summed E-state index contributed by atoms with van der Waals surface area (Å²) in [5.41, 5.74) is 0.428. The lowest BCUT2D eigenvalue weighted by atomic mass is 10.1. The van der Waals surface area contributed by atoms with Crippen LogP contribution >= 0.6 is 22.6 Å². The zero-order valence-electron chi connectivity index (χ0n) is 12.0. The van der Waals surface area contributed by atoms with Crippen molar-refractivity contribution in [2.24, 2.45) is 0 Å². The minimum atomic E-state index is 0.428. The van der Waals surface area contributed by atoms with Gasteiger partial charge in [0.1, 0.15) is 5.82 Å². The minimum Gasteiger partial charge on any atom is -0.376 e. The number of hydrogen-bond acceptors (Lipinski definition) is 4. The van der Waals surface area contributed by atoms with Crippen molar-refractivity contribution in [1.29, 1.82) is 0 Å². The fourth-order valence-corrected chi connectivity index (χ4v) is 5.21. The molecule has 112 valence electrons. The van der Waals surface area contributed by atoms with Crippen LogP contribution in [0, 0.1) is 3.57 Å². The second kappa shape index (κ2) is 4.55. The van der Waals surface area contributed by atoms with E-state index < -0.39 is 0 Å². The summed E-state index contributed by atoms with van der Waals surface area (Å²) in [6.07, 6.45) is 7.75. The van der Waals surface area contributed by atoms with E-state index in [0.717, 1.165) is 25.5 Å². The molecule has 0 radical (unpaired) electrons. The summed E-state index contributed by atoms with van der Waals surface area (Å²) in [4.78, 5) is 9.98. The largest absolute Gasteiger partial charge is 0.376 e. The van der Waals surface area contributed by atoms with Gasteiger partial charge in [0, 0.05) is 41.5 Å². The first-order valence-corrected chi connectivity index (χ1v) is 9.11. The van der Waals surface area contributed by atoms with Crippen molar-refractivity contribution in [3.05, 3.63) is 21.9 Å². The summed E-state index contributed by atoms with van der Waals surface area (Å²) in [5.74, 6) is 1.15. The van der Waals surface area contributed by atoms with E-state index in [9.17, 15) is 0 Å². The number of pyridine rings is 1. The number of nitrogens with zero attached hydrogens (tertiary/aromatic N) is 3. The quantitative estimate of drug-likeness (QED) is 0.717. The maximum Gasteiger partial charge on any atom is 0.128 e. The van der Waals surface area contributed by atoms with Crippen molar-refractivity contribution < 1.29 is 4.74 Å². The first-order valence-electron chi connectivity index (χ1n) is 8.03. The van der Waals surface area contributed by atoms with Crippen LogP contribution in [-0.2, 0) is 4.74 Å². The molecule has 2 bridgehead atoms. The molecule has 1 saturated carbocycles. The third kappa shape index (κ3) is 1.90. The van der Waals surface area contributed by atoms with Gasteiger partial charge in [-0.2, -0.15) is 0 Å². The van der Waals surface area contributed by atoms with Gasteiger partial charge in [-0.05, 0) is 60.4 Å². The molecule has 4 fully saturated rings. The van der Waals surface area contributed by atoms with Crippen molar-refractivity contribution in [2.45, 2.75) is 49.4 Å². The number of ether oxygens (including phenoxy) is 1. The number of halogens is 1. The van der Waals surface area contributed by atoms with Crippen LogP contribution in [0.4, 0.5) is 5.82 Å². The molecule has 3 aliphatic heterocycles. The van der Waals surface area contributed by atoms with E-state index in [-0.39, 0.29) is 0 Å². The molecule has 1 aromatic rings. The number of fused-ring (bicyclic) bond motifs is 4. The van der Waals surface area contributed by atoms with Crippen molar-refractivity contribution in [3.63, 3.8) is 0 Å². The molecule has 21 heavy (non-hydrogen) atoms. The van der Waals surface area contributed by atoms with E-state index in [0.29, 0.717) is 23.7 Å². The molecule has 5 rings (SSSR count). The van der Waals surface area contributed by atoms with Gasteiger partial charge in [0.2, 0.25) is 0 Å². The van der Waals surface area contributed by atoms with E-state index in [2.05, 4.69) is 49.5 Å². The Morgan fingerprint density at radius 2 is 2.05 bits per heavy atom. The Balaban J connectivity index is 1.39. The monoisotopic (exact) mass is 397 g/mol. The molecule has 4 heterocycles. The summed E-state index contributed by atoms with van der Waals surface area (Å²) in [5, 5.41) is 0. The summed E-state index contributed by atoms with van der Waals surface area (Å²) >= 11 is 2.32. The summed E-state index contributed by atoms with van der Waals surface area (Å²) in [6, 6.07) is 5.75. The molecular weight excluding hydrogens is 377 g/mol. The Hall–Kier alpha value is -0.400. The van der Waals surface area contributed by atoms with E-state index in [1.807, 2.05) is 6.20 Å². The molecule has 1 aromatic heterocycles. The average Bonchev–Trinajstić information content (AvgIpc) is 2.93. The van der Waals surface area contributed by atoms with Crippen molar-refractivity contribution in [1.82, 2.24) is 9.88 Å². The molecule has 1 aliphatic carbocycles. The van der Waals surface area contributed by atoms with Crippen molar-refractivity contribution >= 4 is 28.4 Å². The molecule has 3 saturated heterocycles. The third-order valence-electron chi connectivity index (χ3n) is 5.86. The van der Waals surface area contributed by atoms with Crippen molar-refractivity contribution in [3.8, 4) is 0 Å². The van der Waals surface area contributed by atoms with Crippen LogP contribution in [-0.4, -0.2) is 53.3 Å². The molecule has 4 unspecified atom stereocenters. The smallest absolute Gasteiger partial charge is 0.128 e. The van der Waals surface area contributed by atoms with Gasteiger partial charge < -0.3 is 9.64 Å². The Bertz CT molecular complexity index is 551. The number of rotatable bonds is 2. The van der Waals surface area contributed by atoms with Crippen LogP contribution in [0.2, 0.25) is 0 Å². The van der Waals surface area contributed by atoms with Gasteiger partial charge >= 0.3 is 0 Å². The fraction of sp³-hybridized carbons (Fsp3) is 0.688. The van der Waals surface area contributed by atoms with Gasteiger partial charge in [-0.15, -0.1) is 0 Å². The first-order chi connectivity index (χ1) is 10.3. The Morgan fingerprint density at radius 3 is 2.62 bits per heavy atom. The van der Waals surface area contributed by atoms with Gasteiger partial charge in [0.25, 0.3) is 0 Å². The van der Waals surface area contributed by atoms with Crippen LogP contribution in [0.25, 0.3) is 0 Å². The fourth-order valence-electron chi connectivity index (χ4n) is 4.89. The zero-order valence-corrected chi connectivity index (χ0v) is 14.2. The highest BCUT2D eigenvalue weighted by Crippen LogP contribution is 2.56. The van der Waals surface area contributed by atoms with Gasteiger partial charge in [0.05, 0.1) is 11.6 Å². The van der Waals surface area contributed by atoms with E-state index in [1.54, 1.807) is 0 Å². The van der Waals surface area contributed by atoms with E-state index >= 15 is 0 Å². The molecule has 0 spiro atoms. The third-order valence-corrected chi connectivity index (χ3v) is 6.50. The Kier molecular flexibility index (Phi) is 2.83. The minimum absolute atomic E-state index is 0.428. The number of piperazine rings is 1. The highest BCUT2D eigenvalue weighted by molar-refractivity contribution is 14.1. The maximum atomic E-state index is 5.86. The lowest BCUT2D eigenvalue weighted by Crippen LogP contribution is -2.59. The van der Waals surface area contributed by atoms with E-state index in [4.69, 9.17) is 4.74 Å². The first kappa shape index (κ1) is 13.1. The molecule has 0 amide bonds.